The predicted molar refractivity (Wildman–Crippen MR) is 90.0 cm³/mol. The first-order valence-corrected chi connectivity index (χ1v) is 6.44. The number of rotatable bonds is 5. The van der Waals surface area contributed by atoms with Crippen molar-refractivity contribution in [1.82, 2.24) is 15.8 Å². The average molecular weight is 404 g/mol. The Morgan fingerprint density at radius 1 is 1.29 bits per heavy atom. The molecule has 7 heteroatoms. The molecule has 0 amide bonds. The summed E-state index contributed by atoms with van der Waals surface area (Å²) in [7, 11) is 0. The molecule has 5 nitrogen and oxygen atoms in total. The Labute approximate surface area is 140 Å². The largest absolute Gasteiger partial charge is 0.364 e. The van der Waals surface area contributed by atoms with Crippen LogP contribution in [0.1, 0.15) is 18.2 Å². The summed E-state index contributed by atoms with van der Waals surface area (Å²) < 4.78 is 18.3. The summed E-state index contributed by atoms with van der Waals surface area (Å²) in [5, 5.41) is 10.00. The van der Waals surface area contributed by atoms with Gasteiger partial charge in [-0.25, -0.2) is 9.38 Å². The van der Waals surface area contributed by atoms with Gasteiger partial charge in [-0.3, -0.25) is 0 Å². The van der Waals surface area contributed by atoms with Gasteiger partial charge in [0.05, 0.1) is 13.1 Å². The molecule has 1 aromatic carbocycles. The third kappa shape index (κ3) is 5.70. The molecule has 0 spiro atoms. The van der Waals surface area contributed by atoms with Crippen molar-refractivity contribution in [2.24, 2.45) is 4.99 Å². The van der Waals surface area contributed by atoms with Crippen LogP contribution in [0.4, 0.5) is 4.39 Å². The van der Waals surface area contributed by atoms with Crippen molar-refractivity contribution in [3.8, 4) is 0 Å². The van der Waals surface area contributed by atoms with Crippen molar-refractivity contribution < 1.29 is 8.91 Å². The number of benzene rings is 1. The van der Waals surface area contributed by atoms with Crippen LogP contribution in [0, 0.1) is 5.82 Å². The summed E-state index contributed by atoms with van der Waals surface area (Å²) >= 11 is 0. The van der Waals surface area contributed by atoms with E-state index >= 15 is 0 Å². The Hall–Kier alpha value is -1.64. The molecule has 2 aromatic rings. The van der Waals surface area contributed by atoms with Crippen LogP contribution >= 0.6 is 24.0 Å². The Morgan fingerprint density at radius 2 is 2.10 bits per heavy atom. The minimum atomic E-state index is -0.247. The van der Waals surface area contributed by atoms with Gasteiger partial charge in [0.25, 0.3) is 0 Å². The molecule has 0 aliphatic carbocycles. The van der Waals surface area contributed by atoms with E-state index in [4.69, 9.17) is 4.52 Å². The molecule has 21 heavy (non-hydrogen) atoms. The Morgan fingerprint density at radius 3 is 2.76 bits per heavy atom. The maximum atomic E-state index is 13.5. The topological polar surface area (TPSA) is 62.5 Å². The minimum absolute atomic E-state index is 0. The Bertz CT molecular complexity index is 560. The van der Waals surface area contributed by atoms with Crippen LogP contribution in [0.3, 0.4) is 0 Å². The van der Waals surface area contributed by atoms with E-state index in [2.05, 4.69) is 20.8 Å². The first kappa shape index (κ1) is 17.4. The van der Waals surface area contributed by atoms with Crippen molar-refractivity contribution >= 4 is 29.9 Å². The SMILES string of the molecule is CCNC(=NCc1ccccc1F)NCc1ccon1.I. The standard InChI is InChI=1S/C14H17FN4O.HI/c1-2-16-14(18-10-12-7-8-20-19-12)17-9-11-5-3-4-6-13(11)15;/h3-8H,2,9-10H2,1H3,(H2,16,17,18);1H. The lowest BCUT2D eigenvalue weighted by molar-refractivity contribution is 0.410. The molecule has 0 aliphatic heterocycles. The summed E-state index contributed by atoms with van der Waals surface area (Å²) in [6, 6.07) is 8.38. The summed E-state index contributed by atoms with van der Waals surface area (Å²) in [5.74, 6) is 0.363. The Balaban J connectivity index is 0.00000220. The van der Waals surface area contributed by atoms with E-state index in [9.17, 15) is 4.39 Å². The van der Waals surface area contributed by atoms with E-state index in [1.807, 2.05) is 6.92 Å². The lowest BCUT2D eigenvalue weighted by atomic mass is 10.2. The summed E-state index contributed by atoms with van der Waals surface area (Å²) in [5.41, 5.74) is 1.34. The van der Waals surface area contributed by atoms with E-state index in [0.717, 1.165) is 12.2 Å². The monoisotopic (exact) mass is 404 g/mol. The van der Waals surface area contributed by atoms with Gasteiger partial charge in [-0.05, 0) is 13.0 Å². The van der Waals surface area contributed by atoms with Gasteiger partial charge in [0.2, 0.25) is 0 Å². The Kier molecular flexibility index (Phi) is 7.73. The van der Waals surface area contributed by atoms with E-state index < -0.39 is 0 Å². The molecule has 1 heterocycles. The molecule has 2 rings (SSSR count). The number of aromatic nitrogens is 1. The van der Waals surface area contributed by atoms with Gasteiger partial charge in [0.1, 0.15) is 17.8 Å². The smallest absolute Gasteiger partial charge is 0.191 e. The van der Waals surface area contributed by atoms with Gasteiger partial charge in [0, 0.05) is 18.2 Å². The maximum Gasteiger partial charge on any atom is 0.191 e. The van der Waals surface area contributed by atoms with Crippen LogP contribution in [0.5, 0.6) is 0 Å². The lowest BCUT2D eigenvalue weighted by Crippen LogP contribution is -2.36. The normalized spacial score (nSPS) is 10.9. The number of nitrogens with one attached hydrogen (secondary N) is 2. The van der Waals surface area contributed by atoms with Crippen LogP contribution in [0.15, 0.2) is 46.1 Å². The highest BCUT2D eigenvalue weighted by Gasteiger charge is 2.02. The molecular weight excluding hydrogens is 386 g/mol. The van der Waals surface area contributed by atoms with Crippen LogP contribution < -0.4 is 10.6 Å². The number of hydrogen-bond acceptors (Lipinski definition) is 3. The minimum Gasteiger partial charge on any atom is -0.364 e. The van der Waals surface area contributed by atoms with Gasteiger partial charge in [-0.15, -0.1) is 24.0 Å². The quantitative estimate of drug-likeness (QED) is 0.457. The zero-order valence-electron chi connectivity index (χ0n) is 11.7. The van der Waals surface area contributed by atoms with Crippen LogP contribution in [-0.2, 0) is 13.1 Å². The number of halogens is 2. The van der Waals surface area contributed by atoms with E-state index in [1.54, 1.807) is 24.3 Å². The lowest BCUT2D eigenvalue weighted by Gasteiger charge is -2.10. The van der Waals surface area contributed by atoms with Gasteiger partial charge < -0.3 is 15.2 Å². The van der Waals surface area contributed by atoms with Crippen molar-refractivity contribution in [2.45, 2.75) is 20.0 Å². The number of guanidine groups is 1. The molecule has 1 aromatic heterocycles. The van der Waals surface area contributed by atoms with Crippen molar-refractivity contribution in [3.63, 3.8) is 0 Å². The molecule has 0 unspecified atom stereocenters. The highest BCUT2D eigenvalue weighted by molar-refractivity contribution is 14.0. The highest BCUT2D eigenvalue weighted by Crippen LogP contribution is 2.07. The second kappa shape index (κ2) is 9.32. The second-order valence-corrected chi connectivity index (χ2v) is 4.13. The fourth-order valence-electron chi connectivity index (χ4n) is 1.64. The predicted octanol–water partition coefficient (Wildman–Crippen LogP) is 2.69. The van der Waals surface area contributed by atoms with Gasteiger partial charge >= 0.3 is 0 Å². The average Bonchev–Trinajstić information content (AvgIpc) is 2.97. The number of aliphatic imine (C=N–C) groups is 1. The summed E-state index contributed by atoms with van der Waals surface area (Å²) in [4.78, 5) is 4.34. The number of nitrogens with zero attached hydrogens (tertiary/aromatic N) is 2. The molecule has 114 valence electrons. The summed E-state index contributed by atoms with van der Waals surface area (Å²) in [6.45, 7) is 3.47. The highest BCUT2D eigenvalue weighted by atomic mass is 127. The molecule has 0 bridgehead atoms. The molecule has 0 fully saturated rings. The molecule has 0 atom stereocenters. The van der Waals surface area contributed by atoms with Crippen LogP contribution in [0.25, 0.3) is 0 Å². The number of hydrogen-bond donors (Lipinski definition) is 2. The fraction of sp³-hybridized carbons (Fsp3) is 0.286. The fourth-order valence-corrected chi connectivity index (χ4v) is 1.64. The molecule has 0 saturated heterocycles. The third-order valence-corrected chi connectivity index (χ3v) is 2.64. The van der Waals surface area contributed by atoms with Crippen molar-refractivity contribution in [2.75, 3.05) is 6.54 Å². The maximum absolute atomic E-state index is 13.5. The van der Waals surface area contributed by atoms with Gasteiger partial charge in [-0.1, -0.05) is 23.4 Å². The first-order valence-electron chi connectivity index (χ1n) is 6.44. The van der Waals surface area contributed by atoms with Gasteiger partial charge in [0.15, 0.2) is 5.96 Å². The molecular formula is C14H18FIN4O. The zero-order chi connectivity index (χ0) is 14.2. The van der Waals surface area contributed by atoms with Crippen LogP contribution in [0.2, 0.25) is 0 Å². The van der Waals surface area contributed by atoms with Crippen molar-refractivity contribution in [3.05, 3.63) is 53.7 Å². The van der Waals surface area contributed by atoms with E-state index in [1.165, 1.54) is 12.3 Å². The molecule has 0 saturated carbocycles. The third-order valence-electron chi connectivity index (χ3n) is 2.64. The molecule has 0 aliphatic rings. The first-order chi connectivity index (χ1) is 9.79. The zero-order valence-corrected chi connectivity index (χ0v) is 14.0. The van der Waals surface area contributed by atoms with E-state index in [0.29, 0.717) is 18.1 Å². The summed E-state index contributed by atoms with van der Waals surface area (Å²) in [6.07, 6.45) is 1.51. The van der Waals surface area contributed by atoms with Crippen molar-refractivity contribution in [1.29, 1.82) is 0 Å². The molecule has 2 N–H and O–H groups in total. The second-order valence-electron chi connectivity index (χ2n) is 4.13. The molecule has 0 radical (unpaired) electrons. The van der Waals surface area contributed by atoms with Gasteiger partial charge in [-0.2, -0.15) is 0 Å². The van der Waals surface area contributed by atoms with Crippen LogP contribution in [-0.4, -0.2) is 17.7 Å². The van der Waals surface area contributed by atoms with E-state index in [-0.39, 0.29) is 36.3 Å².